The first-order chi connectivity index (χ1) is 7.77. The minimum Gasteiger partial charge on any atom is -0.391 e. The van der Waals surface area contributed by atoms with Gasteiger partial charge in [0, 0.05) is 6.61 Å². The van der Waals surface area contributed by atoms with E-state index in [1.165, 1.54) is 0 Å². The van der Waals surface area contributed by atoms with Crippen molar-refractivity contribution in [1.82, 2.24) is 5.32 Å². The van der Waals surface area contributed by atoms with Gasteiger partial charge >= 0.3 is 0 Å². The Morgan fingerprint density at radius 3 is 2.69 bits per heavy atom. The van der Waals surface area contributed by atoms with Crippen molar-refractivity contribution in [1.29, 1.82) is 0 Å². The topological polar surface area (TPSA) is 58.6 Å². The van der Waals surface area contributed by atoms with Gasteiger partial charge in [-0.05, 0) is 25.7 Å². The average molecular weight is 227 g/mol. The number of aliphatic hydroxyl groups is 1. The van der Waals surface area contributed by atoms with E-state index in [0.717, 1.165) is 44.9 Å². The molecule has 1 amide bonds. The Morgan fingerprint density at radius 1 is 1.12 bits per heavy atom. The molecule has 0 aromatic rings. The summed E-state index contributed by atoms with van der Waals surface area (Å²) in [6, 6.07) is -0.0702. The van der Waals surface area contributed by atoms with Crippen LogP contribution < -0.4 is 5.32 Å². The minimum absolute atomic E-state index is 0.0385. The van der Waals surface area contributed by atoms with Crippen LogP contribution in [-0.2, 0) is 9.53 Å². The van der Waals surface area contributed by atoms with Crippen molar-refractivity contribution >= 4 is 5.91 Å². The van der Waals surface area contributed by atoms with E-state index in [-0.39, 0.29) is 24.2 Å². The van der Waals surface area contributed by atoms with Crippen LogP contribution in [0.4, 0.5) is 0 Å². The highest BCUT2D eigenvalue weighted by Gasteiger charge is 2.28. The first-order valence-electron chi connectivity index (χ1n) is 6.37. The summed E-state index contributed by atoms with van der Waals surface area (Å²) < 4.78 is 5.33. The van der Waals surface area contributed by atoms with Crippen molar-refractivity contribution in [3.8, 4) is 0 Å². The fourth-order valence-electron chi connectivity index (χ4n) is 2.52. The molecule has 0 spiro atoms. The van der Waals surface area contributed by atoms with E-state index in [4.69, 9.17) is 4.74 Å². The molecule has 2 aliphatic rings. The maximum atomic E-state index is 11.8. The van der Waals surface area contributed by atoms with Crippen LogP contribution in [-0.4, -0.2) is 35.9 Å². The van der Waals surface area contributed by atoms with Crippen LogP contribution in [0.25, 0.3) is 0 Å². The molecular weight excluding hydrogens is 206 g/mol. The molecule has 1 saturated carbocycles. The Bertz CT molecular complexity index is 238. The van der Waals surface area contributed by atoms with Crippen LogP contribution in [0.1, 0.15) is 44.9 Å². The van der Waals surface area contributed by atoms with Crippen molar-refractivity contribution in [3.63, 3.8) is 0 Å². The Balaban J connectivity index is 1.84. The van der Waals surface area contributed by atoms with E-state index in [9.17, 15) is 9.90 Å². The predicted molar refractivity (Wildman–Crippen MR) is 60.0 cm³/mol. The lowest BCUT2D eigenvalue weighted by Crippen LogP contribution is -2.46. The third-order valence-electron chi connectivity index (χ3n) is 3.53. The number of carbonyl (C=O) groups excluding carboxylic acids is 1. The van der Waals surface area contributed by atoms with Gasteiger partial charge in [-0.2, -0.15) is 0 Å². The SMILES string of the molecule is O=C(NC1CCCCCC1O)[C@H]1CCCO1. The van der Waals surface area contributed by atoms with Gasteiger partial charge in [-0.3, -0.25) is 4.79 Å². The van der Waals surface area contributed by atoms with Gasteiger partial charge in [-0.25, -0.2) is 0 Å². The summed E-state index contributed by atoms with van der Waals surface area (Å²) in [5.41, 5.74) is 0. The fourth-order valence-corrected chi connectivity index (χ4v) is 2.52. The Hall–Kier alpha value is -0.610. The molecule has 2 unspecified atom stereocenters. The lowest BCUT2D eigenvalue weighted by molar-refractivity contribution is -0.131. The highest BCUT2D eigenvalue weighted by molar-refractivity contribution is 5.81. The van der Waals surface area contributed by atoms with Crippen LogP contribution in [0.3, 0.4) is 0 Å². The number of ether oxygens (including phenoxy) is 1. The summed E-state index contributed by atoms with van der Waals surface area (Å²) in [4.78, 5) is 11.8. The Kier molecular flexibility index (Phi) is 4.18. The Labute approximate surface area is 96.4 Å². The molecule has 1 aliphatic carbocycles. The van der Waals surface area contributed by atoms with Crippen molar-refractivity contribution in [2.24, 2.45) is 0 Å². The van der Waals surface area contributed by atoms with Crippen molar-refractivity contribution < 1.29 is 14.6 Å². The van der Waals surface area contributed by atoms with Crippen molar-refractivity contribution in [2.75, 3.05) is 6.61 Å². The van der Waals surface area contributed by atoms with E-state index < -0.39 is 0 Å². The van der Waals surface area contributed by atoms with Gasteiger partial charge in [0.1, 0.15) is 6.10 Å². The number of nitrogens with one attached hydrogen (secondary N) is 1. The molecule has 0 aromatic carbocycles. The molecule has 0 aromatic heterocycles. The second kappa shape index (κ2) is 5.64. The zero-order valence-corrected chi connectivity index (χ0v) is 9.65. The van der Waals surface area contributed by atoms with Gasteiger partial charge in [-0.1, -0.05) is 19.3 Å². The van der Waals surface area contributed by atoms with Crippen LogP contribution in [0.15, 0.2) is 0 Å². The monoisotopic (exact) mass is 227 g/mol. The van der Waals surface area contributed by atoms with Gasteiger partial charge in [0.2, 0.25) is 5.91 Å². The standard InChI is InChI=1S/C12H21NO3/c14-10-6-3-1-2-5-9(10)13-12(15)11-7-4-8-16-11/h9-11,14H,1-8H2,(H,13,15)/t9?,10?,11-/m1/s1. The molecule has 1 heterocycles. The third-order valence-corrected chi connectivity index (χ3v) is 3.53. The maximum Gasteiger partial charge on any atom is 0.249 e. The first-order valence-corrected chi connectivity index (χ1v) is 6.37. The summed E-state index contributed by atoms with van der Waals surface area (Å²) in [7, 11) is 0. The third kappa shape index (κ3) is 2.95. The van der Waals surface area contributed by atoms with E-state index in [1.54, 1.807) is 0 Å². The number of hydrogen-bond donors (Lipinski definition) is 2. The Morgan fingerprint density at radius 2 is 1.94 bits per heavy atom. The number of hydrogen-bond acceptors (Lipinski definition) is 3. The second-order valence-corrected chi connectivity index (χ2v) is 4.82. The summed E-state index contributed by atoms with van der Waals surface area (Å²) in [6.07, 6.45) is 6.11. The average Bonchev–Trinajstić information content (AvgIpc) is 2.73. The smallest absolute Gasteiger partial charge is 0.249 e. The van der Waals surface area contributed by atoms with Crippen LogP contribution in [0, 0.1) is 0 Å². The van der Waals surface area contributed by atoms with Crippen LogP contribution in [0.5, 0.6) is 0 Å². The molecule has 1 aliphatic heterocycles. The van der Waals surface area contributed by atoms with Gasteiger partial charge in [0.25, 0.3) is 0 Å². The van der Waals surface area contributed by atoms with Gasteiger partial charge in [0.15, 0.2) is 0 Å². The molecule has 4 nitrogen and oxygen atoms in total. The number of carbonyl (C=O) groups is 1. The molecule has 0 radical (unpaired) electrons. The predicted octanol–water partition coefficient (Wildman–Crippen LogP) is 0.975. The molecule has 92 valence electrons. The molecule has 16 heavy (non-hydrogen) atoms. The largest absolute Gasteiger partial charge is 0.391 e. The van der Waals surface area contributed by atoms with Gasteiger partial charge in [-0.15, -0.1) is 0 Å². The molecule has 0 bridgehead atoms. The molecule has 4 heteroatoms. The van der Waals surface area contributed by atoms with Crippen molar-refractivity contribution in [2.45, 2.75) is 63.2 Å². The zero-order chi connectivity index (χ0) is 11.4. The number of amides is 1. The molecular formula is C12H21NO3. The summed E-state index contributed by atoms with van der Waals surface area (Å²) in [5, 5.41) is 12.8. The second-order valence-electron chi connectivity index (χ2n) is 4.82. The van der Waals surface area contributed by atoms with Crippen LogP contribution >= 0.6 is 0 Å². The van der Waals surface area contributed by atoms with Crippen LogP contribution in [0.2, 0.25) is 0 Å². The fraction of sp³-hybridized carbons (Fsp3) is 0.917. The molecule has 2 N–H and O–H groups in total. The lowest BCUT2D eigenvalue weighted by atomic mass is 10.1. The highest BCUT2D eigenvalue weighted by Crippen LogP contribution is 2.19. The lowest BCUT2D eigenvalue weighted by Gasteiger charge is -2.23. The van der Waals surface area contributed by atoms with E-state index in [1.807, 2.05) is 0 Å². The first kappa shape index (κ1) is 11.9. The van der Waals surface area contributed by atoms with Gasteiger partial charge in [0.05, 0.1) is 12.1 Å². The summed E-state index contributed by atoms with van der Waals surface area (Å²) >= 11 is 0. The van der Waals surface area contributed by atoms with E-state index in [0.29, 0.717) is 6.61 Å². The molecule has 1 saturated heterocycles. The minimum atomic E-state index is -0.382. The number of rotatable bonds is 2. The highest BCUT2D eigenvalue weighted by atomic mass is 16.5. The summed E-state index contributed by atoms with van der Waals surface area (Å²) in [6.45, 7) is 0.686. The normalized spacial score (nSPS) is 35.7. The molecule has 2 rings (SSSR count). The van der Waals surface area contributed by atoms with E-state index in [2.05, 4.69) is 5.32 Å². The maximum absolute atomic E-state index is 11.8. The summed E-state index contributed by atoms with van der Waals surface area (Å²) in [5.74, 6) is -0.0385. The molecule has 2 fully saturated rings. The molecule has 3 atom stereocenters. The van der Waals surface area contributed by atoms with E-state index >= 15 is 0 Å². The number of aliphatic hydroxyl groups excluding tert-OH is 1. The quantitative estimate of drug-likeness (QED) is 0.691. The zero-order valence-electron chi connectivity index (χ0n) is 9.65. The van der Waals surface area contributed by atoms with Gasteiger partial charge < -0.3 is 15.2 Å². The van der Waals surface area contributed by atoms with Crippen molar-refractivity contribution in [3.05, 3.63) is 0 Å².